The highest BCUT2D eigenvalue weighted by Gasteiger charge is 2.21. The third-order valence-corrected chi connectivity index (χ3v) is 3.11. The van der Waals surface area contributed by atoms with E-state index in [0.29, 0.717) is 6.54 Å². The van der Waals surface area contributed by atoms with Crippen LogP contribution in [0, 0.1) is 17.0 Å². The normalized spacial score (nSPS) is 10.2. The van der Waals surface area contributed by atoms with Crippen molar-refractivity contribution in [2.75, 3.05) is 17.4 Å². The predicted octanol–water partition coefficient (Wildman–Crippen LogP) is 1.62. The fourth-order valence-corrected chi connectivity index (χ4v) is 1.96. The second-order valence-electron chi connectivity index (χ2n) is 4.59. The van der Waals surface area contributed by atoms with Gasteiger partial charge in [-0.1, -0.05) is 24.3 Å². The molecule has 0 saturated heterocycles. The number of hydrogen-bond acceptors (Lipinski definition) is 7. The van der Waals surface area contributed by atoms with Gasteiger partial charge in [-0.2, -0.15) is 4.98 Å². The average molecular weight is 288 g/mol. The van der Waals surface area contributed by atoms with Crippen LogP contribution < -0.4 is 16.2 Å². The van der Waals surface area contributed by atoms with Crippen LogP contribution in [0.4, 0.5) is 17.5 Å². The molecule has 1 heterocycles. The Morgan fingerprint density at radius 1 is 1.43 bits per heavy atom. The highest BCUT2D eigenvalue weighted by molar-refractivity contribution is 5.58. The minimum atomic E-state index is -0.510. The Hall–Kier alpha value is -2.74. The van der Waals surface area contributed by atoms with Gasteiger partial charge in [0.15, 0.2) is 0 Å². The molecule has 1 aromatic carbocycles. The summed E-state index contributed by atoms with van der Waals surface area (Å²) in [5.74, 6) is 5.60. The van der Waals surface area contributed by atoms with Crippen molar-refractivity contribution in [3.05, 3.63) is 51.7 Å². The molecule has 0 fully saturated rings. The molecule has 8 heteroatoms. The number of nitrogens with two attached hydrogens (primary N) is 1. The summed E-state index contributed by atoms with van der Waals surface area (Å²) < 4.78 is 0. The monoisotopic (exact) mass is 288 g/mol. The van der Waals surface area contributed by atoms with Gasteiger partial charge in [-0.05, 0) is 18.1 Å². The molecule has 0 spiro atoms. The molecule has 0 aliphatic rings. The third-order valence-electron chi connectivity index (χ3n) is 3.11. The number of aryl methyl sites for hydroxylation is 1. The Morgan fingerprint density at radius 3 is 2.76 bits per heavy atom. The number of benzene rings is 1. The molecule has 0 radical (unpaired) electrons. The molecule has 0 bridgehead atoms. The van der Waals surface area contributed by atoms with Crippen molar-refractivity contribution in [1.29, 1.82) is 0 Å². The number of hydrazine groups is 1. The Balaban J connectivity index is 2.35. The third kappa shape index (κ3) is 3.23. The molecule has 1 aromatic heterocycles. The van der Waals surface area contributed by atoms with Gasteiger partial charge < -0.3 is 4.90 Å². The molecule has 3 N–H and O–H groups in total. The van der Waals surface area contributed by atoms with Gasteiger partial charge in [0.05, 0.1) is 4.92 Å². The number of hydrogen-bond donors (Lipinski definition) is 2. The Morgan fingerprint density at radius 2 is 2.14 bits per heavy atom. The van der Waals surface area contributed by atoms with E-state index in [-0.39, 0.29) is 17.5 Å². The molecule has 0 amide bonds. The fourth-order valence-electron chi connectivity index (χ4n) is 1.96. The van der Waals surface area contributed by atoms with E-state index in [2.05, 4.69) is 15.4 Å². The van der Waals surface area contributed by atoms with E-state index in [4.69, 9.17) is 5.84 Å². The van der Waals surface area contributed by atoms with Gasteiger partial charge in [-0.15, -0.1) is 0 Å². The van der Waals surface area contributed by atoms with Crippen LogP contribution in [0.1, 0.15) is 11.1 Å². The highest BCUT2D eigenvalue weighted by atomic mass is 16.6. The van der Waals surface area contributed by atoms with E-state index in [9.17, 15) is 10.1 Å². The molecule has 2 rings (SSSR count). The molecule has 2 aromatic rings. The predicted molar refractivity (Wildman–Crippen MR) is 79.8 cm³/mol. The van der Waals surface area contributed by atoms with E-state index in [0.717, 1.165) is 17.3 Å². The lowest BCUT2D eigenvalue weighted by Gasteiger charge is -2.19. The van der Waals surface area contributed by atoms with Crippen LogP contribution in [0.5, 0.6) is 0 Å². The van der Waals surface area contributed by atoms with Crippen LogP contribution in [-0.2, 0) is 6.54 Å². The number of rotatable bonds is 5. The van der Waals surface area contributed by atoms with Gasteiger partial charge in [0.2, 0.25) is 11.8 Å². The molecular formula is C13H16N6O2. The summed E-state index contributed by atoms with van der Waals surface area (Å²) in [5.41, 5.74) is 4.30. The lowest BCUT2D eigenvalue weighted by Crippen LogP contribution is -2.21. The molecule has 0 saturated carbocycles. The number of anilines is 2. The fraction of sp³-hybridized carbons (Fsp3) is 0.231. The van der Waals surface area contributed by atoms with E-state index in [1.807, 2.05) is 31.2 Å². The molecule has 21 heavy (non-hydrogen) atoms. The molecule has 110 valence electrons. The SMILES string of the molecule is Cc1ccccc1CN(C)c1nc(NN)ncc1[N+](=O)[O-]. The molecule has 8 nitrogen and oxygen atoms in total. The molecular weight excluding hydrogens is 272 g/mol. The summed E-state index contributed by atoms with van der Waals surface area (Å²) in [6.45, 7) is 2.49. The summed E-state index contributed by atoms with van der Waals surface area (Å²) in [7, 11) is 1.74. The van der Waals surface area contributed by atoms with Crippen LogP contribution in [0.25, 0.3) is 0 Å². The van der Waals surface area contributed by atoms with Crippen LogP contribution in [0.2, 0.25) is 0 Å². The maximum Gasteiger partial charge on any atom is 0.329 e. The largest absolute Gasteiger partial charge is 0.349 e. The number of nitrogens with one attached hydrogen (secondary N) is 1. The van der Waals surface area contributed by atoms with Crippen molar-refractivity contribution in [1.82, 2.24) is 9.97 Å². The number of nitrogens with zero attached hydrogens (tertiary/aromatic N) is 4. The average Bonchev–Trinajstić information content (AvgIpc) is 2.48. The Bertz CT molecular complexity index is 661. The number of nitro groups is 1. The lowest BCUT2D eigenvalue weighted by atomic mass is 10.1. The molecule has 0 aliphatic carbocycles. The van der Waals surface area contributed by atoms with Crippen molar-refractivity contribution >= 4 is 17.5 Å². The van der Waals surface area contributed by atoms with E-state index < -0.39 is 4.92 Å². The maximum atomic E-state index is 11.1. The number of aromatic nitrogens is 2. The minimum absolute atomic E-state index is 0.132. The van der Waals surface area contributed by atoms with E-state index in [1.165, 1.54) is 0 Å². The first-order valence-electron chi connectivity index (χ1n) is 6.26. The first-order chi connectivity index (χ1) is 10.0. The van der Waals surface area contributed by atoms with Crippen molar-refractivity contribution in [2.24, 2.45) is 5.84 Å². The summed E-state index contributed by atoms with van der Waals surface area (Å²) in [4.78, 5) is 20.1. The quantitative estimate of drug-likeness (QED) is 0.488. The molecule has 0 unspecified atom stereocenters. The maximum absolute atomic E-state index is 11.1. The smallest absolute Gasteiger partial charge is 0.329 e. The molecule has 0 atom stereocenters. The van der Waals surface area contributed by atoms with E-state index >= 15 is 0 Å². The first-order valence-corrected chi connectivity index (χ1v) is 6.26. The first kappa shape index (κ1) is 14.7. The van der Waals surface area contributed by atoms with Gasteiger partial charge >= 0.3 is 5.69 Å². The summed E-state index contributed by atoms with van der Waals surface area (Å²) in [5, 5.41) is 11.1. The topological polar surface area (TPSA) is 110 Å². The van der Waals surface area contributed by atoms with Crippen LogP contribution in [0.3, 0.4) is 0 Å². The van der Waals surface area contributed by atoms with Gasteiger partial charge in [-0.25, -0.2) is 10.8 Å². The summed E-state index contributed by atoms with van der Waals surface area (Å²) >= 11 is 0. The lowest BCUT2D eigenvalue weighted by molar-refractivity contribution is -0.384. The zero-order valence-corrected chi connectivity index (χ0v) is 11.8. The van der Waals surface area contributed by atoms with Crippen molar-refractivity contribution in [2.45, 2.75) is 13.5 Å². The van der Waals surface area contributed by atoms with Gasteiger partial charge in [0.25, 0.3) is 0 Å². The van der Waals surface area contributed by atoms with E-state index in [1.54, 1.807) is 11.9 Å². The minimum Gasteiger partial charge on any atom is -0.349 e. The second-order valence-corrected chi connectivity index (χ2v) is 4.59. The van der Waals surface area contributed by atoms with Gasteiger partial charge in [-0.3, -0.25) is 15.5 Å². The van der Waals surface area contributed by atoms with Crippen LogP contribution >= 0.6 is 0 Å². The van der Waals surface area contributed by atoms with Crippen LogP contribution in [-0.4, -0.2) is 21.9 Å². The zero-order valence-electron chi connectivity index (χ0n) is 11.8. The second kappa shape index (κ2) is 6.14. The van der Waals surface area contributed by atoms with Crippen LogP contribution in [0.15, 0.2) is 30.5 Å². The summed E-state index contributed by atoms with van der Waals surface area (Å²) in [6, 6.07) is 7.84. The van der Waals surface area contributed by atoms with Crippen molar-refractivity contribution in [3.8, 4) is 0 Å². The number of nitrogen functional groups attached to an aromatic ring is 1. The van der Waals surface area contributed by atoms with Gasteiger partial charge in [0, 0.05) is 13.6 Å². The standard InChI is InChI=1S/C13H16N6O2/c1-9-5-3-4-6-10(9)8-18(2)12-11(19(20)21)7-15-13(16-12)17-14/h3-7H,8,14H2,1-2H3,(H,15,16,17). The zero-order chi connectivity index (χ0) is 15.4. The summed E-state index contributed by atoms with van der Waals surface area (Å²) in [6.07, 6.45) is 1.14. The van der Waals surface area contributed by atoms with Crippen molar-refractivity contribution in [3.63, 3.8) is 0 Å². The van der Waals surface area contributed by atoms with Crippen molar-refractivity contribution < 1.29 is 4.92 Å². The Labute approximate surface area is 121 Å². The van der Waals surface area contributed by atoms with Gasteiger partial charge in [0.1, 0.15) is 6.20 Å². The Kier molecular flexibility index (Phi) is 4.29. The highest BCUT2D eigenvalue weighted by Crippen LogP contribution is 2.26. The molecule has 0 aliphatic heterocycles.